The van der Waals surface area contributed by atoms with Crippen molar-refractivity contribution in [3.63, 3.8) is 0 Å². The Bertz CT molecular complexity index is 498. The summed E-state index contributed by atoms with van der Waals surface area (Å²) in [5.41, 5.74) is 0.789. The van der Waals surface area contributed by atoms with Gasteiger partial charge in [0.15, 0.2) is 0 Å². The summed E-state index contributed by atoms with van der Waals surface area (Å²) in [5.74, 6) is -0.0244. The van der Waals surface area contributed by atoms with Crippen molar-refractivity contribution in [2.45, 2.75) is 0 Å². The predicted octanol–water partition coefficient (Wildman–Crippen LogP) is 3.18. The summed E-state index contributed by atoms with van der Waals surface area (Å²) in [5, 5.41) is 0. The third-order valence-electron chi connectivity index (χ3n) is 2.12. The molecule has 0 fully saturated rings. The van der Waals surface area contributed by atoms with Crippen molar-refractivity contribution in [1.29, 1.82) is 0 Å². The van der Waals surface area contributed by atoms with Crippen LogP contribution in [0.15, 0.2) is 40.4 Å². The molecule has 0 aliphatic rings. The van der Waals surface area contributed by atoms with Crippen molar-refractivity contribution in [2.24, 2.45) is 0 Å². The number of hydrogen-bond acceptors (Lipinski definition) is 3. The van der Waals surface area contributed by atoms with E-state index in [4.69, 9.17) is 0 Å². The molecule has 0 radical (unpaired) electrons. The summed E-state index contributed by atoms with van der Waals surface area (Å²) >= 11 is 4.77. The van der Waals surface area contributed by atoms with Gasteiger partial charge >= 0.3 is 0 Å². The molecular formula is C11H9BrN2OS. The highest BCUT2D eigenvalue weighted by Crippen LogP contribution is 2.24. The quantitative estimate of drug-likeness (QED) is 0.853. The normalized spacial score (nSPS) is 10.1. The van der Waals surface area contributed by atoms with Gasteiger partial charge in [0.05, 0.1) is 20.5 Å². The Balaban J connectivity index is 2.23. The highest BCUT2D eigenvalue weighted by molar-refractivity contribution is 9.11. The molecule has 5 heteroatoms. The number of hydrogen-bond donors (Lipinski definition) is 0. The van der Waals surface area contributed by atoms with E-state index in [2.05, 4.69) is 20.9 Å². The number of nitrogens with zero attached hydrogens (tertiary/aromatic N) is 2. The van der Waals surface area contributed by atoms with E-state index in [-0.39, 0.29) is 5.91 Å². The molecule has 0 saturated heterocycles. The standard InChI is InChI=1S/C11H9BrN2OS/c1-14(8-3-2-6-13-7-8)11(15)9-4-5-10(12)16-9/h2-7H,1H3. The van der Waals surface area contributed by atoms with Crippen molar-refractivity contribution in [3.8, 4) is 0 Å². The molecule has 0 saturated carbocycles. The maximum atomic E-state index is 12.0. The monoisotopic (exact) mass is 296 g/mol. The maximum absolute atomic E-state index is 12.0. The van der Waals surface area contributed by atoms with Crippen LogP contribution in [0.1, 0.15) is 9.67 Å². The zero-order valence-electron chi connectivity index (χ0n) is 8.55. The van der Waals surface area contributed by atoms with E-state index in [0.29, 0.717) is 4.88 Å². The van der Waals surface area contributed by atoms with Gasteiger partial charge in [-0.1, -0.05) is 0 Å². The minimum absolute atomic E-state index is 0.0244. The number of carbonyl (C=O) groups excluding carboxylic acids is 1. The lowest BCUT2D eigenvalue weighted by atomic mass is 10.3. The number of anilines is 1. The molecule has 82 valence electrons. The van der Waals surface area contributed by atoms with Crippen molar-refractivity contribution in [3.05, 3.63) is 45.3 Å². The van der Waals surface area contributed by atoms with E-state index in [0.717, 1.165) is 9.47 Å². The molecular weight excluding hydrogens is 288 g/mol. The van der Waals surface area contributed by atoms with Crippen LogP contribution < -0.4 is 4.90 Å². The van der Waals surface area contributed by atoms with Gasteiger partial charge in [0.2, 0.25) is 0 Å². The first-order valence-corrected chi connectivity index (χ1v) is 6.23. The first-order valence-electron chi connectivity index (χ1n) is 4.62. The lowest BCUT2D eigenvalue weighted by Crippen LogP contribution is -2.25. The van der Waals surface area contributed by atoms with Gasteiger partial charge in [0.1, 0.15) is 0 Å². The highest BCUT2D eigenvalue weighted by atomic mass is 79.9. The van der Waals surface area contributed by atoms with Crippen LogP contribution in [0.4, 0.5) is 5.69 Å². The summed E-state index contributed by atoms with van der Waals surface area (Å²) in [4.78, 5) is 18.3. The molecule has 1 amide bonds. The molecule has 2 rings (SSSR count). The highest BCUT2D eigenvalue weighted by Gasteiger charge is 2.15. The Morgan fingerprint density at radius 1 is 1.44 bits per heavy atom. The van der Waals surface area contributed by atoms with Crippen molar-refractivity contribution in [2.75, 3.05) is 11.9 Å². The smallest absolute Gasteiger partial charge is 0.268 e. The summed E-state index contributed by atoms with van der Waals surface area (Å²) in [7, 11) is 1.74. The molecule has 0 N–H and O–H groups in total. The van der Waals surface area contributed by atoms with Crippen LogP contribution in [0.5, 0.6) is 0 Å². The van der Waals surface area contributed by atoms with Gasteiger partial charge in [-0.25, -0.2) is 0 Å². The van der Waals surface area contributed by atoms with Gasteiger partial charge in [-0.2, -0.15) is 0 Å². The largest absolute Gasteiger partial charge is 0.309 e. The van der Waals surface area contributed by atoms with Gasteiger partial charge < -0.3 is 4.90 Å². The molecule has 0 aliphatic heterocycles. The lowest BCUT2D eigenvalue weighted by molar-refractivity contribution is 0.0997. The first kappa shape index (κ1) is 11.3. The van der Waals surface area contributed by atoms with Crippen molar-refractivity contribution in [1.82, 2.24) is 4.98 Å². The summed E-state index contributed by atoms with van der Waals surface area (Å²) in [6.07, 6.45) is 3.35. The second-order valence-corrected chi connectivity index (χ2v) is 5.64. The first-order chi connectivity index (χ1) is 7.68. The molecule has 2 aromatic heterocycles. The topological polar surface area (TPSA) is 33.2 Å². The number of halogens is 1. The molecule has 0 spiro atoms. The Kier molecular flexibility index (Phi) is 3.36. The van der Waals surface area contributed by atoms with Gasteiger partial charge in [0, 0.05) is 13.2 Å². The second kappa shape index (κ2) is 4.76. The zero-order chi connectivity index (χ0) is 11.5. The van der Waals surface area contributed by atoms with Crippen LogP contribution in [0.3, 0.4) is 0 Å². The van der Waals surface area contributed by atoms with Gasteiger partial charge in [0.25, 0.3) is 5.91 Å². The summed E-state index contributed by atoms with van der Waals surface area (Å²) in [6.45, 7) is 0. The van der Waals surface area contributed by atoms with E-state index in [1.165, 1.54) is 11.3 Å². The van der Waals surface area contributed by atoms with E-state index in [9.17, 15) is 4.79 Å². The van der Waals surface area contributed by atoms with Crippen LogP contribution >= 0.6 is 27.3 Å². The molecule has 16 heavy (non-hydrogen) atoms. The molecule has 0 aliphatic carbocycles. The number of rotatable bonds is 2. The van der Waals surface area contributed by atoms with Crippen molar-refractivity contribution >= 4 is 38.9 Å². The van der Waals surface area contributed by atoms with Crippen LogP contribution in [-0.2, 0) is 0 Å². The molecule has 0 bridgehead atoms. The minimum Gasteiger partial charge on any atom is -0.309 e. The number of thiophene rings is 1. The zero-order valence-corrected chi connectivity index (χ0v) is 11.0. The van der Waals surface area contributed by atoms with Crippen LogP contribution in [0, 0.1) is 0 Å². The van der Waals surface area contributed by atoms with E-state index in [1.54, 1.807) is 24.3 Å². The average molecular weight is 297 g/mol. The van der Waals surface area contributed by atoms with Crippen LogP contribution in [0.25, 0.3) is 0 Å². The van der Waals surface area contributed by atoms with Crippen molar-refractivity contribution < 1.29 is 4.79 Å². The molecule has 2 heterocycles. The van der Waals surface area contributed by atoms with Crippen LogP contribution in [0.2, 0.25) is 0 Å². The van der Waals surface area contributed by atoms with Gasteiger partial charge in [-0.3, -0.25) is 9.78 Å². The Morgan fingerprint density at radius 3 is 2.81 bits per heavy atom. The maximum Gasteiger partial charge on any atom is 0.268 e. The molecule has 0 atom stereocenters. The third-order valence-corrected chi connectivity index (χ3v) is 3.73. The van der Waals surface area contributed by atoms with Gasteiger partial charge in [-0.05, 0) is 40.2 Å². The SMILES string of the molecule is CN(C(=O)c1ccc(Br)s1)c1cccnc1. The van der Waals surface area contributed by atoms with E-state index < -0.39 is 0 Å². The molecule has 0 aromatic carbocycles. The number of pyridine rings is 1. The molecule has 3 nitrogen and oxygen atoms in total. The fourth-order valence-corrected chi connectivity index (χ4v) is 2.63. The summed E-state index contributed by atoms with van der Waals surface area (Å²) in [6, 6.07) is 7.34. The van der Waals surface area contributed by atoms with E-state index in [1.807, 2.05) is 24.3 Å². The Morgan fingerprint density at radius 2 is 2.25 bits per heavy atom. The third kappa shape index (κ3) is 2.31. The number of aromatic nitrogens is 1. The predicted molar refractivity (Wildman–Crippen MR) is 69.0 cm³/mol. The fourth-order valence-electron chi connectivity index (χ4n) is 1.26. The minimum atomic E-state index is -0.0244. The lowest BCUT2D eigenvalue weighted by Gasteiger charge is -2.15. The Hall–Kier alpha value is -1.20. The molecule has 0 unspecified atom stereocenters. The van der Waals surface area contributed by atoms with Gasteiger partial charge in [-0.15, -0.1) is 11.3 Å². The Labute approximate surface area is 106 Å². The number of amides is 1. The second-order valence-electron chi connectivity index (χ2n) is 3.18. The average Bonchev–Trinajstić information content (AvgIpc) is 2.75. The summed E-state index contributed by atoms with van der Waals surface area (Å²) < 4.78 is 0.954. The molecule has 2 aromatic rings. The van der Waals surface area contributed by atoms with E-state index >= 15 is 0 Å². The number of carbonyl (C=O) groups is 1. The van der Waals surface area contributed by atoms with Crippen LogP contribution in [-0.4, -0.2) is 17.9 Å². The fraction of sp³-hybridized carbons (Fsp3) is 0.0909.